The Labute approximate surface area is 115 Å². The number of primary amides is 1. The lowest BCUT2D eigenvalue weighted by molar-refractivity contribution is -0.117. The average Bonchev–Trinajstić information content (AvgIpc) is 2.37. The fraction of sp³-hybridized carbons (Fsp3) is 0.562. The van der Waals surface area contributed by atoms with Gasteiger partial charge in [-0.05, 0) is 42.4 Å². The van der Waals surface area contributed by atoms with Crippen LogP contribution in [0.5, 0.6) is 0 Å². The van der Waals surface area contributed by atoms with Gasteiger partial charge in [0.15, 0.2) is 0 Å². The predicted octanol–water partition coefficient (Wildman–Crippen LogP) is 2.95. The molecular weight excluding hydrogens is 236 g/mol. The van der Waals surface area contributed by atoms with Crippen molar-refractivity contribution < 1.29 is 4.79 Å². The lowest BCUT2D eigenvalue weighted by atomic mass is 9.82. The van der Waals surface area contributed by atoms with E-state index in [9.17, 15) is 4.79 Å². The maximum Gasteiger partial charge on any atom is 0.221 e. The molecule has 19 heavy (non-hydrogen) atoms. The fourth-order valence-corrected chi connectivity index (χ4v) is 2.95. The van der Waals surface area contributed by atoms with E-state index in [1.807, 2.05) is 24.3 Å². The molecule has 2 unspecified atom stereocenters. The van der Waals surface area contributed by atoms with Gasteiger partial charge in [-0.2, -0.15) is 0 Å². The summed E-state index contributed by atoms with van der Waals surface area (Å²) in [7, 11) is 0. The molecule has 3 N–H and O–H groups in total. The number of benzene rings is 1. The van der Waals surface area contributed by atoms with Gasteiger partial charge in [-0.25, -0.2) is 0 Å². The Morgan fingerprint density at radius 1 is 1.32 bits per heavy atom. The smallest absolute Gasteiger partial charge is 0.221 e. The van der Waals surface area contributed by atoms with Gasteiger partial charge in [0.2, 0.25) is 5.91 Å². The van der Waals surface area contributed by atoms with Crippen LogP contribution in [0.4, 0.5) is 5.69 Å². The van der Waals surface area contributed by atoms with Gasteiger partial charge in [-0.15, -0.1) is 0 Å². The molecule has 104 valence electrons. The molecule has 0 aliphatic heterocycles. The molecule has 1 fully saturated rings. The quantitative estimate of drug-likeness (QED) is 0.855. The van der Waals surface area contributed by atoms with Crippen LogP contribution in [0.1, 0.15) is 38.2 Å². The Morgan fingerprint density at radius 2 is 2.05 bits per heavy atom. The van der Waals surface area contributed by atoms with Crippen LogP contribution in [-0.4, -0.2) is 12.5 Å². The van der Waals surface area contributed by atoms with Crippen molar-refractivity contribution in [3.05, 3.63) is 29.8 Å². The van der Waals surface area contributed by atoms with E-state index in [0.29, 0.717) is 6.42 Å². The number of amides is 1. The van der Waals surface area contributed by atoms with Gasteiger partial charge in [0.25, 0.3) is 0 Å². The van der Waals surface area contributed by atoms with Crippen molar-refractivity contribution in [2.75, 3.05) is 11.9 Å². The first-order chi connectivity index (χ1) is 9.13. The number of nitrogens with two attached hydrogens (primary N) is 1. The van der Waals surface area contributed by atoms with E-state index in [4.69, 9.17) is 5.73 Å². The maximum atomic E-state index is 10.8. The van der Waals surface area contributed by atoms with Crippen LogP contribution in [0.2, 0.25) is 0 Å². The fourth-order valence-electron chi connectivity index (χ4n) is 2.95. The Bertz CT molecular complexity index is 413. The van der Waals surface area contributed by atoms with Crippen molar-refractivity contribution in [3.63, 3.8) is 0 Å². The molecule has 1 aliphatic carbocycles. The molecule has 0 spiro atoms. The zero-order chi connectivity index (χ0) is 13.7. The predicted molar refractivity (Wildman–Crippen MR) is 79.0 cm³/mol. The molecule has 1 aliphatic rings. The first-order valence-corrected chi connectivity index (χ1v) is 7.24. The molecular formula is C16H24N2O. The molecule has 1 aromatic carbocycles. The highest BCUT2D eigenvalue weighted by Crippen LogP contribution is 2.28. The molecule has 0 heterocycles. The highest BCUT2D eigenvalue weighted by atomic mass is 16.1. The molecule has 3 nitrogen and oxygen atoms in total. The van der Waals surface area contributed by atoms with Crippen LogP contribution in [0.25, 0.3) is 0 Å². The molecule has 2 rings (SSSR count). The van der Waals surface area contributed by atoms with Crippen LogP contribution in [0.3, 0.4) is 0 Å². The Hall–Kier alpha value is -1.51. The topological polar surface area (TPSA) is 55.1 Å². The van der Waals surface area contributed by atoms with Crippen molar-refractivity contribution in [2.24, 2.45) is 17.6 Å². The third kappa shape index (κ3) is 4.58. The summed E-state index contributed by atoms with van der Waals surface area (Å²) in [6, 6.07) is 8.00. The Balaban J connectivity index is 1.81. The van der Waals surface area contributed by atoms with Gasteiger partial charge in [0, 0.05) is 12.2 Å². The molecule has 0 radical (unpaired) electrons. The maximum absolute atomic E-state index is 10.8. The highest BCUT2D eigenvalue weighted by molar-refractivity contribution is 5.76. The second kappa shape index (κ2) is 6.60. The number of anilines is 1. The molecule has 1 aromatic rings. The number of carbonyl (C=O) groups excluding carboxylic acids is 1. The summed E-state index contributed by atoms with van der Waals surface area (Å²) in [6.45, 7) is 3.41. The van der Waals surface area contributed by atoms with Gasteiger partial charge in [-0.3, -0.25) is 4.79 Å². The normalized spacial score (nSPS) is 23.0. The van der Waals surface area contributed by atoms with E-state index in [-0.39, 0.29) is 5.91 Å². The summed E-state index contributed by atoms with van der Waals surface area (Å²) in [5.41, 5.74) is 7.28. The van der Waals surface area contributed by atoms with Gasteiger partial charge in [-0.1, -0.05) is 31.9 Å². The SMILES string of the molecule is CC1CCCC(CNc2ccc(CC(N)=O)cc2)C1. The molecule has 0 aromatic heterocycles. The largest absolute Gasteiger partial charge is 0.385 e. The molecule has 2 atom stereocenters. The first kappa shape index (κ1) is 13.9. The van der Waals surface area contributed by atoms with E-state index in [2.05, 4.69) is 12.2 Å². The zero-order valence-electron chi connectivity index (χ0n) is 11.7. The minimum Gasteiger partial charge on any atom is -0.385 e. The molecule has 3 heteroatoms. The van der Waals surface area contributed by atoms with Crippen LogP contribution in [0.15, 0.2) is 24.3 Å². The lowest BCUT2D eigenvalue weighted by Crippen LogP contribution is -2.21. The summed E-state index contributed by atoms with van der Waals surface area (Å²) < 4.78 is 0. The second-order valence-electron chi connectivity index (χ2n) is 5.86. The average molecular weight is 260 g/mol. The number of rotatable bonds is 5. The third-order valence-electron chi connectivity index (χ3n) is 3.97. The second-order valence-corrected chi connectivity index (χ2v) is 5.86. The van der Waals surface area contributed by atoms with Crippen molar-refractivity contribution in [3.8, 4) is 0 Å². The van der Waals surface area contributed by atoms with Crippen LogP contribution >= 0.6 is 0 Å². The molecule has 1 saturated carbocycles. The lowest BCUT2D eigenvalue weighted by Gasteiger charge is -2.27. The molecule has 0 bridgehead atoms. The minimum absolute atomic E-state index is 0.281. The van der Waals surface area contributed by atoms with Crippen molar-refractivity contribution in [2.45, 2.75) is 39.0 Å². The van der Waals surface area contributed by atoms with E-state index < -0.39 is 0 Å². The van der Waals surface area contributed by atoms with E-state index in [0.717, 1.165) is 29.6 Å². The minimum atomic E-state index is -0.281. The van der Waals surface area contributed by atoms with E-state index >= 15 is 0 Å². The summed E-state index contributed by atoms with van der Waals surface area (Å²) >= 11 is 0. The van der Waals surface area contributed by atoms with Gasteiger partial charge in [0.05, 0.1) is 6.42 Å². The summed E-state index contributed by atoms with van der Waals surface area (Å²) in [4.78, 5) is 10.8. The number of nitrogens with one attached hydrogen (secondary N) is 1. The highest BCUT2D eigenvalue weighted by Gasteiger charge is 2.18. The van der Waals surface area contributed by atoms with Crippen LogP contribution < -0.4 is 11.1 Å². The molecule has 1 amide bonds. The summed E-state index contributed by atoms with van der Waals surface area (Å²) in [5.74, 6) is 1.39. The van der Waals surface area contributed by atoms with E-state index in [1.165, 1.54) is 25.7 Å². The number of hydrogen-bond donors (Lipinski definition) is 2. The van der Waals surface area contributed by atoms with Gasteiger partial charge in [0.1, 0.15) is 0 Å². The van der Waals surface area contributed by atoms with Gasteiger partial charge < -0.3 is 11.1 Å². The number of carbonyl (C=O) groups is 1. The third-order valence-corrected chi connectivity index (χ3v) is 3.97. The van der Waals surface area contributed by atoms with Crippen molar-refractivity contribution in [1.82, 2.24) is 0 Å². The van der Waals surface area contributed by atoms with Gasteiger partial charge >= 0.3 is 0 Å². The summed E-state index contributed by atoms with van der Waals surface area (Å²) in [6.07, 6.45) is 5.76. The first-order valence-electron chi connectivity index (χ1n) is 7.24. The summed E-state index contributed by atoms with van der Waals surface area (Å²) in [5, 5.41) is 3.50. The zero-order valence-corrected chi connectivity index (χ0v) is 11.7. The van der Waals surface area contributed by atoms with Crippen LogP contribution in [0, 0.1) is 11.8 Å². The van der Waals surface area contributed by atoms with Crippen molar-refractivity contribution >= 4 is 11.6 Å². The van der Waals surface area contributed by atoms with E-state index in [1.54, 1.807) is 0 Å². The van der Waals surface area contributed by atoms with Crippen LogP contribution in [-0.2, 0) is 11.2 Å². The molecule has 0 saturated heterocycles. The standard InChI is InChI=1S/C16H24N2O/c1-12-3-2-4-14(9-12)11-18-15-7-5-13(6-8-15)10-16(17)19/h5-8,12,14,18H,2-4,9-11H2,1H3,(H2,17,19). The Kier molecular flexibility index (Phi) is 4.83. The monoisotopic (exact) mass is 260 g/mol. The number of hydrogen-bond acceptors (Lipinski definition) is 2. The van der Waals surface area contributed by atoms with Crippen molar-refractivity contribution in [1.29, 1.82) is 0 Å². The Morgan fingerprint density at radius 3 is 2.68 bits per heavy atom.